The zero-order chi connectivity index (χ0) is 14.9. The van der Waals surface area contributed by atoms with E-state index in [0.29, 0.717) is 18.0 Å². The number of aromatic nitrogens is 2. The number of carbonyl (C=O) groups excluding carboxylic acids is 1. The number of Topliss-reactive ketones (excluding diaryl/α,β-unsaturated/α-hetero) is 1. The summed E-state index contributed by atoms with van der Waals surface area (Å²) in [6, 6.07) is 6.19. The van der Waals surface area contributed by atoms with Gasteiger partial charge in [0.05, 0.1) is 5.69 Å². The van der Waals surface area contributed by atoms with Gasteiger partial charge in [-0.25, -0.2) is 0 Å². The molecule has 3 nitrogen and oxygen atoms in total. The Bertz CT molecular complexity index is 659. The number of hydrogen-bond donors (Lipinski definition) is 0. The smallest absolute Gasteiger partial charge is 0.141 e. The quantitative estimate of drug-likeness (QED) is 0.865. The van der Waals surface area contributed by atoms with Gasteiger partial charge < -0.3 is 0 Å². The summed E-state index contributed by atoms with van der Waals surface area (Å²) in [6.45, 7) is 5.95. The average molecular weight is 291 g/mol. The Labute approximate surface area is 124 Å². The third-order valence-electron chi connectivity index (χ3n) is 3.54. The molecule has 0 fully saturated rings. The number of rotatable bonds is 4. The average Bonchev–Trinajstić information content (AvgIpc) is 2.61. The molecule has 0 aliphatic heterocycles. The van der Waals surface area contributed by atoms with Crippen LogP contribution >= 0.6 is 11.6 Å². The van der Waals surface area contributed by atoms with Crippen molar-refractivity contribution in [2.45, 2.75) is 33.6 Å². The second kappa shape index (κ2) is 5.80. The normalized spacial score (nSPS) is 10.8. The van der Waals surface area contributed by atoms with E-state index in [1.54, 1.807) is 11.7 Å². The van der Waals surface area contributed by atoms with Crippen molar-refractivity contribution in [3.63, 3.8) is 0 Å². The molecular formula is C16H19ClN2O. The van der Waals surface area contributed by atoms with Crippen LogP contribution in [0.25, 0.3) is 0 Å². The summed E-state index contributed by atoms with van der Waals surface area (Å²) in [7, 11) is 1.79. The zero-order valence-corrected chi connectivity index (χ0v) is 13.1. The molecule has 0 aliphatic carbocycles. The van der Waals surface area contributed by atoms with Crippen molar-refractivity contribution in [2.24, 2.45) is 7.05 Å². The SMILES string of the molecule is Cc1ccc(C)c(CC(=O)Cc2c(C)nn(C)c2Cl)c1. The van der Waals surface area contributed by atoms with Gasteiger partial charge in [-0.3, -0.25) is 9.48 Å². The van der Waals surface area contributed by atoms with E-state index in [9.17, 15) is 4.79 Å². The largest absolute Gasteiger partial charge is 0.299 e. The summed E-state index contributed by atoms with van der Waals surface area (Å²) in [5, 5.41) is 4.79. The number of ketones is 1. The summed E-state index contributed by atoms with van der Waals surface area (Å²) in [4.78, 5) is 12.3. The van der Waals surface area contributed by atoms with E-state index in [0.717, 1.165) is 22.4 Å². The van der Waals surface area contributed by atoms with Crippen LogP contribution in [-0.2, 0) is 24.7 Å². The highest BCUT2D eigenvalue weighted by atomic mass is 35.5. The van der Waals surface area contributed by atoms with Crippen LogP contribution in [0.2, 0.25) is 5.15 Å². The lowest BCUT2D eigenvalue weighted by Gasteiger charge is -2.06. The molecule has 0 saturated heterocycles. The van der Waals surface area contributed by atoms with Crippen LogP contribution in [-0.4, -0.2) is 15.6 Å². The first-order chi connectivity index (χ1) is 9.38. The van der Waals surface area contributed by atoms with Gasteiger partial charge in [-0.15, -0.1) is 0 Å². The zero-order valence-electron chi connectivity index (χ0n) is 12.3. The highest BCUT2D eigenvalue weighted by Gasteiger charge is 2.15. The van der Waals surface area contributed by atoms with E-state index >= 15 is 0 Å². The summed E-state index contributed by atoms with van der Waals surface area (Å²) in [5.41, 5.74) is 5.08. The minimum atomic E-state index is 0.164. The maximum Gasteiger partial charge on any atom is 0.141 e. The van der Waals surface area contributed by atoms with Crippen LogP contribution in [0, 0.1) is 20.8 Å². The lowest BCUT2D eigenvalue weighted by Crippen LogP contribution is -2.08. The number of carbonyl (C=O) groups is 1. The van der Waals surface area contributed by atoms with Crippen molar-refractivity contribution in [3.05, 3.63) is 51.3 Å². The van der Waals surface area contributed by atoms with Crippen molar-refractivity contribution in [2.75, 3.05) is 0 Å². The number of aryl methyl sites for hydroxylation is 4. The predicted molar refractivity (Wildman–Crippen MR) is 81.3 cm³/mol. The standard InChI is InChI=1S/C16H19ClN2O/c1-10-5-6-11(2)13(7-10)8-14(20)9-15-12(3)18-19(4)16(15)17/h5-7H,8-9H2,1-4H3. The molecule has 20 heavy (non-hydrogen) atoms. The predicted octanol–water partition coefficient (Wildman–Crippen LogP) is 3.35. The highest BCUT2D eigenvalue weighted by Crippen LogP contribution is 2.20. The molecule has 1 heterocycles. The van der Waals surface area contributed by atoms with Crippen molar-refractivity contribution in [1.29, 1.82) is 0 Å². The molecule has 0 bridgehead atoms. The number of nitrogens with zero attached hydrogens (tertiary/aromatic N) is 2. The third-order valence-corrected chi connectivity index (χ3v) is 4.01. The van der Waals surface area contributed by atoms with Crippen molar-refractivity contribution >= 4 is 17.4 Å². The summed E-state index contributed by atoms with van der Waals surface area (Å²) >= 11 is 6.17. The number of benzene rings is 1. The Hall–Kier alpha value is -1.61. The molecule has 0 amide bonds. The molecule has 2 rings (SSSR count). The third kappa shape index (κ3) is 3.10. The summed E-state index contributed by atoms with van der Waals surface area (Å²) < 4.78 is 1.61. The van der Waals surface area contributed by atoms with Gasteiger partial charge in [0.2, 0.25) is 0 Å². The maximum atomic E-state index is 12.3. The van der Waals surface area contributed by atoms with E-state index in [-0.39, 0.29) is 5.78 Å². The van der Waals surface area contributed by atoms with Crippen molar-refractivity contribution in [3.8, 4) is 0 Å². The van der Waals surface area contributed by atoms with Crippen LogP contribution < -0.4 is 0 Å². The second-order valence-electron chi connectivity index (χ2n) is 5.30. The summed E-state index contributed by atoms with van der Waals surface area (Å²) in [5.74, 6) is 0.164. The minimum Gasteiger partial charge on any atom is -0.299 e. The van der Waals surface area contributed by atoms with Crippen LogP contribution in [0.3, 0.4) is 0 Å². The Balaban J connectivity index is 2.15. The first-order valence-electron chi connectivity index (χ1n) is 6.64. The molecule has 106 valence electrons. The maximum absolute atomic E-state index is 12.3. The molecule has 0 N–H and O–H groups in total. The summed E-state index contributed by atoms with van der Waals surface area (Å²) in [6.07, 6.45) is 0.782. The fourth-order valence-corrected chi connectivity index (χ4v) is 2.58. The van der Waals surface area contributed by atoms with Crippen LogP contribution in [0.15, 0.2) is 18.2 Å². The Morgan fingerprint density at radius 2 is 1.95 bits per heavy atom. The molecule has 0 unspecified atom stereocenters. The first-order valence-corrected chi connectivity index (χ1v) is 7.02. The first kappa shape index (κ1) is 14.8. The minimum absolute atomic E-state index is 0.164. The van der Waals surface area contributed by atoms with E-state index in [1.165, 1.54) is 5.56 Å². The lowest BCUT2D eigenvalue weighted by atomic mass is 9.98. The molecule has 2 aromatic rings. The second-order valence-corrected chi connectivity index (χ2v) is 5.66. The molecule has 1 aromatic carbocycles. The van der Waals surface area contributed by atoms with Gasteiger partial charge in [-0.1, -0.05) is 35.4 Å². The van der Waals surface area contributed by atoms with Crippen LogP contribution in [0.1, 0.15) is 27.9 Å². The van der Waals surface area contributed by atoms with E-state index < -0.39 is 0 Å². The van der Waals surface area contributed by atoms with Gasteiger partial charge in [-0.05, 0) is 31.9 Å². The molecule has 0 saturated carbocycles. The number of halogens is 1. The van der Waals surface area contributed by atoms with Gasteiger partial charge in [0, 0.05) is 25.5 Å². The monoisotopic (exact) mass is 290 g/mol. The molecule has 1 aromatic heterocycles. The molecule has 0 spiro atoms. The molecule has 0 atom stereocenters. The molecule has 4 heteroatoms. The molecular weight excluding hydrogens is 272 g/mol. The van der Waals surface area contributed by atoms with Crippen LogP contribution in [0.4, 0.5) is 0 Å². The van der Waals surface area contributed by atoms with Gasteiger partial charge in [0.1, 0.15) is 10.9 Å². The van der Waals surface area contributed by atoms with Gasteiger partial charge in [0.15, 0.2) is 0 Å². The fraction of sp³-hybridized carbons (Fsp3) is 0.375. The fourth-order valence-electron chi connectivity index (χ4n) is 2.34. The number of hydrogen-bond acceptors (Lipinski definition) is 2. The van der Waals surface area contributed by atoms with E-state index in [1.807, 2.05) is 20.8 Å². The molecule has 0 radical (unpaired) electrons. The van der Waals surface area contributed by atoms with Crippen LogP contribution in [0.5, 0.6) is 0 Å². The topological polar surface area (TPSA) is 34.9 Å². The van der Waals surface area contributed by atoms with E-state index in [2.05, 4.69) is 23.3 Å². The Morgan fingerprint density at radius 1 is 1.25 bits per heavy atom. The van der Waals surface area contributed by atoms with E-state index in [4.69, 9.17) is 11.6 Å². The van der Waals surface area contributed by atoms with Gasteiger partial charge in [0.25, 0.3) is 0 Å². The Kier molecular flexibility index (Phi) is 4.29. The molecule has 0 aliphatic rings. The Morgan fingerprint density at radius 3 is 2.55 bits per heavy atom. The van der Waals surface area contributed by atoms with Crippen molar-refractivity contribution < 1.29 is 4.79 Å². The lowest BCUT2D eigenvalue weighted by molar-refractivity contribution is -0.117. The highest BCUT2D eigenvalue weighted by molar-refractivity contribution is 6.30. The van der Waals surface area contributed by atoms with Gasteiger partial charge >= 0.3 is 0 Å². The van der Waals surface area contributed by atoms with Crippen molar-refractivity contribution in [1.82, 2.24) is 9.78 Å². The van der Waals surface area contributed by atoms with Gasteiger partial charge in [-0.2, -0.15) is 5.10 Å².